The average Bonchev–Trinajstić information content (AvgIpc) is 2.63. The first kappa shape index (κ1) is 14.3. The van der Waals surface area contributed by atoms with Crippen LogP contribution < -0.4 is 20.1 Å². The van der Waals surface area contributed by atoms with Crippen LogP contribution in [-0.4, -0.2) is 28.4 Å². The van der Waals surface area contributed by atoms with E-state index in [9.17, 15) is 0 Å². The molecule has 1 aromatic heterocycles. The van der Waals surface area contributed by atoms with Crippen molar-refractivity contribution >= 4 is 23.1 Å². The molecular weight excluding hydrogens is 306 g/mol. The van der Waals surface area contributed by atoms with Gasteiger partial charge < -0.3 is 20.1 Å². The zero-order chi connectivity index (χ0) is 16.2. The van der Waals surface area contributed by atoms with Gasteiger partial charge in [-0.3, -0.25) is 0 Å². The Kier molecular flexibility index (Phi) is 3.81. The van der Waals surface area contributed by atoms with Crippen LogP contribution >= 0.6 is 0 Å². The lowest BCUT2D eigenvalue weighted by Gasteiger charge is -2.18. The molecule has 7 nitrogen and oxygen atoms in total. The van der Waals surface area contributed by atoms with E-state index in [4.69, 9.17) is 9.47 Å². The highest BCUT2D eigenvalue weighted by molar-refractivity contribution is 5.61. The number of nitrogens with one attached hydrogen (secondary N) is 2. The number of benzene rings is 2. The lowest BCUT2D eigenvalue weighted by atomic mass is 10.2. The van der Waals surface area contributed by atoms with Crippen LogP contribution in [0.15, 0.2) is 54.7 Å². The van der Waals surface area contributed by atoms with Crippen molar-refractivity contribution in [3.8, 4) is 11.5 Å². The van der Waals surface area contributed by atoms with Crippen molar-refractivity contribution in [3.63, 3.8) is 0 Å². The number of anilines is 4. The number of nitrogens with zero attached hydrogens (tertiary/aromatic N) is 3. The molecule has 3 aromatic rings. The molecule has 0 amide bonds. The van der Waals surface area contributed by atoms with Crippen LogP contribution in [0.5, 0.6) is 11.5 Å². The van der Waals surface area contributed by atoms with Crippen LogP contribution in [-0.2, 0) is 0 Å². The summed E-state index contributed by atoms with van der Waals surface area (Å²) in [6.07, 6.45) is 1.57. The highest BCUT2D eigenvalue weighted by Gasteiger charge is 2.12. The van der Waals surface area contributed by atoms with E-state index in [2.05, 4.69) is 25.8 Å². The SMILES string of the molecule is c1ccc(Nc2cnnc(Nc3ccc4c(c3)OCCO4)n2)cc1. The molecule has 1 aliphatic rings. The normalized spacial score (nSPS) is 12.5. The Hall–Kier alpha value is -3.35. The predicted octanol–water partition coefficient (Wildman–Crippen LogP) is 3.13. The summed E-state index contributed by atoms with van der Waals surface area (Å²) in [4.78, 5) is 4.41. The molecule has 2 N–H and O–H groups in total. The molecule has 0 unspecified atom stereocenters. The summed E-state index contributed by atoms with van der Waals surface area (Å²) in [7, 11) is 0. The average molecular weight is 321 g/mol. The minimum absolute atomic E-state index is 0.396. The molecule has 2 aromatic carbocycles. The van der Waals surface area contributed by atoms with Crippen molar-refractivity contribution in [1.29, 1.82) is 0 Å². The number of rotatable bonds is 4. The molecule has 0 fully saturated rings. The zero-order valence-corrected chi connectivity index (χ0v) is 12.8. The molecular formula is C17H15N5O2. The Bertz CT molecular complexity index is 841. The second kappa shape index (κ2) is 6.41. The van der Waals surface area contributed by atoms with E-state index < -0.39 is 0 Å². The monoisotopic (exact) mass is 321 g/mol. The number of aromatic nitrogens is 3. The van der Waals surface area contributed by atoms with Crippen molar-refractivity contribution in [2.75, 3.05) is 23.8 Å². The predicted molar refractivity (Wildman–Crippen MR) is 90.3 cm³/mol. The Morgan fingerprint density at radius 1 is 0.833 bits per heavy atom. The number of ether oxygens (including phenoxy) is 2. The molecule has 4 rings (SSSR count). The van der Waals surface area contributed by atoms with Gasteiger partial charge in [-0.15, -0.1) is 5.10 Å². The van der Waals surface area contributed by atoms with Gasteiger partial charge in [-0.05, 0) is 24.3 Å². The van der Waals surface area contributed by atoms with E-state index in [0.717, 1.165) is 17.1 Å². The molecule has 0 saturated heterocycles. The van der Waals surface area contributed by atoms with E-state index in [0.29, 0.717) is 30.7 Å². The molecule has 2 heterocycles. The Morgan fingerprint density at radius 3 is 2.54 bits per heavy atom. The molecule has 1 aliphatic heterocycles. The molecule has 0 saturated carbocycles. The lowest BCUT2D eigenvalue weighted by Crippen LogP contribution is -2.15. The van der Waals surface area contributed by atoms with E-state index in [-0.39, 0.29) is 0 Å². The first-order chi connectivity index (χ1) is 11.9. The highest BCUT2D eigenvalue weighted by Crippen LogP contribution is 2.33. The second-order valence-electron chi connectivity index (χ2n) is 5.14. The van der Waals surface area contributed by atoms with Gasteiger partial charge in [0.2, 0.25) is 5.95 Å². The Balaban J connectivity index is 1.51. The summed E-state index contributed by atoms with van der Waals surface area (Å²) >= 11 is 0. The number of para-hydroxylation sites is 1. The highest BCUT2D eigenvalue weighted by atomic mass is 16.6. The largest absolute Gasteiger partial charge is 0.486 e. The smallest absolute Gasteiger partial charge is 0.249 e. The van der Waals surface area contributed by atoms with Gasteiger partial charge in [0.15, 0.2) is 17.3 Å². The van der Waals surface area contributed by atoms with Gasteiger partial charge in [-0.1, -0.05) is 18.2 Å². The van der Waals surface area contributed by atoms with Crippen molar-refractivity contribution in [2.45, 2.75) is 0 Å². The van der Waals surface area contributed by atoms with Crippen LogP contribution in [0.25, 0.3) is 0 Å². The summed E-state index contributed by atoms with van der Waals surface area (Å²) in [5, 5.41) is 14.3. The first-order valence-electron chi connectivity index (χ1n) is 7.55. The standard InChI is InChI=1S/C17H15N5O2/c1-2-4-12(5-3-1)19-16-11-18-22-17(21-16)20-13-6-7-14-15(10-13)24-9-8-23-14/h1-7,10-11H,8-9H2,(H2,19,20,21,22). The topological polar surface area (TPSA) is 81.2 Å². The van der Waals surface area contributed by atoms with Crippen LogP contribution in [0.2, 0.25) is 0 Å². The van der Waals surface area contributed by atoms with Crippen molar-refractivity contribution in [2.24, 2.45) is 0 Å². The summed E-state index contributed by atoms with van der Waals surface area (Å²) in [5.74, 6) is 2.45. The summed E-state index contributed by atoms with van der Waals surface area (Å²) in [6.45, 7) is 1.12. The third kappa shape index (κ3) is 3.19. The third-order valence-electron chi connectivity index (χ3n) is 3.40. The maximum Gasteiger partial charge on any atom is 0.249 e. The van der Waals surface area contributed by atoms with Crippen molar-refractivity contribution in [3.05, 3.63) is 54.7 Å². The molecule has 0 spiro atoms. The van der Waals surface area contributed by atoms with Crippen LogP contribution in [0.3, 0.4) is 0 Å². The van der Waals surface area contributed by atoms with Crippen molar-refractivity contribution in [1.82, 2.24) is 15.2 Å². The quantitative estimate of drug-likeness (QED) is 0.764. The minimum atomic E-state index is 0.396. The maximum absolute atomic E-state index is 5.57. The Morgan fingerprint density at radius 2 is 1.67 bits per heavy atom. The van der Waals surface area contributed by atoms with Gasteiger partial charge in [0.1, 0.15) is 13.2 Å². The lowest BCUT2D eigenvalue weighted by molar-refractivity contribution is 0.171. The van der Waals surface area contributed by atoms with Gasteiger partial charge in [-0.25, -0.2) is 0 Å². The van der Waals surface area contributed by atoms with E-state index in [1.54, 1.807) is 6.20 Å². The zero-order valence-electron chi connectivity index (χ0n) is 12.8. The van der Waals surface area contributed by atoms with Crippen molar-refractivity contribution < 1.29 is 9.47 Å². The fraction of sp³-hybridized carbons (Fsp3) is 0.118. The maximum atomic E-state index is 5.57. The molecule has 0 atom stereocenters. The molecule has 7 heteroatoms. The van der Waals surface area contributed by atoms with Gasteiger partial charge >= 0.3 is 0 Å². The fourth-order valence-corrected chi connectivity index (χ4v) is 2.34. The van der Waals surface area contributed by atoms with E-state index in [1.165, 1.54) is 0 Å². The second-order valence-corrected chi connectivity index (χ2v) is 5.14. The van der Waals surface area contributed by atoms with Crippen LogP contribution in [0.1, 0.15) is 0 Å². The number of fused-ring (bicyclic) bond motifs is 1. The molecule has 0 aliphatic carbocycles. The molecule has 0 radical (unpaired) electrons. The summed E-state index contributed by atoms with van der Waals surface area (Å²) in [6, 6.07) is 15.4. The Labute approximate surface area is 138 Å². The fourth-order valence-electron chi connectivity index (χ4n) is 2.34. The first-order valence-corrected chi connectivity index (χ1v) is 7.55. The van der Waals surface area contributed by atoms with E-state index >= 15 is 0 Å². The molecule has 0 bridgehead atoms. The summed E-state index contributed by atoms with van der Waals surface area (Å²) < 4.78 is 11.1. The minimum Gasteiger partial charge on any atom is -0.486 e. The van der Waals surface area contributed by atoms with Crippen LogP contribution in [0.4, 0.5) is 23.1 Å². The van der Waals surface area contributed by atoms with E-state index in [1.807, 2.05) is 48.5 Å². The van der Waals surface area contributed by atoms with Gasteiger partial charge in [0.25, 0.3) is 0 Å². The molecule has 24 heavy (non-hydrogen) atoms. The third-order valence-corrected chi connectivity index (χ3v) is 3.40. The van der Waals surface area contributed by atoms with Gasteiger partial charge in [0, 0.05) is 17.4 Å². The number of hydrogen-bond donors (Lipinski definition) is 2. The van der Waals surface area contributed by atoms with Gasteiger partial charge in [-0.2, -0.15) is 10.1 Å². The number of hydrogen-bond acceptors (Lipinski definition) is 7. The summed E-state index contributed by atoms with van der Waals surface area (Å²) in [5.41, 5.74) is 1.74. The molecule has 120 valence electrons. The van der Waals surface area contributed by atoms with Crippen LogP contribution in [0, 0.1) is 0 Å². The van der Waals surface area contributed by atoms with Gasteiger partial charge in [0.05, 0.1) is 6.20 Å².